The molecule has 1 aromatic heterocycles. The summed E-state index contributed by atoms with van der Waals surface area (Å²) in [5, 5.41) is 0. The van der Waals surface area contributed by atoms with Crippen LogP contribution in [0.4, 0.5) is 10.1 Å². The second kappa shape index (κ2) is 7.11. The summed E-state index contributed by atoms with van der Waals surface area (Å²) in [6.45, 7) is 1.62. The zero-order chi connectivity index (χ0) is 19.7. The summed E-state index contributed by atoms with van der Waals surface area (Å²) >= 11 is 0. The number of hydrogen-bond acceptors (Lipinski definition) is 4. The number of anilines is 1. The third kappa shape index (κ3) is 3.12. The number of hydrogen-bond donors (Lipinski definition) is 0. The van der Waals surface area contributed by atoms with Gasteiger partial charge in [-0.3, -0.25) is 14.5 Å². The topological polar surface area (TPSA) is 73.5 Å². The smallest absolute Gasteiger partial charge is 0.335 e. The van der Waals surface area contributed by atoms with Crippen LogP contribution in [0.2, 0.25) is 0 Å². The first-order chi connectivity index (χ1) is 12.9. The average molecular weight is 371 g/mol. The van der Waals surface area contributed by atoms with Gasteiger partial charge in [-0.1, -0.05) is 19.3 Å². The molecule has 0 fully saturated rings. The number of terminal acetylenes is 1. The maximum Gasteiger partial charge on any atom is 0.335 e. The first kappa shape index (κ1) is 18.5. The van der Waals surface area contributed by atoms with Crippen LogP contribution in [0.15, 0.2) is 27.8 Å². The zero-order valence-electron chi connectivity index (χ0n) is 15.0. The molecular weight excluding hydrogens is 353 g/mol. The van der Waals surface area contributed by atoms with Gasteiger partial charge in [0.2, 0.25) is 0 Å². The van der Waals surface area contributed by atoms with Gasteiger partial charge in [-0.05, 0) is 12.5 Å². The highest BCUT2D eigenvalue weighted by Gasteiger charge is 2.28. The van der Waals surface area contributed by atoms with Gasteiger partial charge < -0.3 is 9.30 Å². The lowest BCUT2D eigenvalue weighted by Gasteiger charge is -2.28. The summed E-state index contributed by atoms with van der Waals surface area (Å²) in [5.74, 6) is 1.28. The second-order valence-electron chi connectivity index (χ2n) is 6.14. The lowest BCUT2D eigenvalue weighted by atomic mass is 10.2. The van der Waals surface area contributed by atoms with Crippen LogP contribution in [0.25, 0.3) is 5.69 Å². The summed E-state index contributed by atoms with van der Waals surface area (Å²) in [6.07, 6.45) is 6.61. The van der Waals surface area contributed by atoms with Crippen LogP contribution in [0.3, 0.4) is 0 Å². The molecule has 0 atom stereocenters. The average Bonchev–Trinajstić information content (AvgIpc) is 2.63. The Morgan fingerprint density at radius 2 is 1.96 bits per heavy atom. The van der Waals surface area contributed by atoms with Crippen LogP contribution in [-0.4, -0.2) is 28.2 Å². The van der Waals surface area contributed by atoms with E-state index in [1.165, 1.54) is 28.6 Å². The second-order valence-corrected chi connectivity index (χ2v) is 6.14. The van der Waals surface area contributed by atoms with Gasteiger partial charge in [0, 0.05) is 24.9 Å². The molecule has 140 valence electrons. The molecule has 0 radical (unpaired) electrons. The molecule has 1 amide bonds. The predicted molar refractivity (Wildman–Crippen MR) is 97.9 cm³/mol. The third-order valence-electron chi connectivity index (χ3n) is 4.39. The number of halogens is 1. The highest BCUT2D eigenvalue weighted by molar-refractivity contribution is 5.98. The first-order valence-electron chi connectivity index (χ1n) is 8.41. The van der Waals surface area contributed by atoms with E-state index in [0.717, 1.165) is 17.1 Å². The molecule has 0 unspecified atom stereocenters. The molecule has 0 saturated carbocycles. The molecule has 0 bridgehead atoms. The Balaban J connectivity index is 2.24. The van der Waals surface area contributed by atoms with Crippen molar-refractivity contribution >= 4 is 11.6 Å². The minimum Gasteiger partial charge on any atom is -0.481 e. The van der Waals surface area contributed by atoms with Gasteiger partial charge in [0.25, 0.3) is 11.5 Å². The number of aryl methyl sites for hydroxylation is 1. The van der Waals surface area contributed by atoms with Gasteiger partial charge >= 0.3 is 5.69 Å². The minimum absolute atomic E-state index is 0.0391. The van der Waals surface area contributed by atoms with E-state index in [4.69, 9.17) is 11.2 Å². The van der Waals surface area contributed by atoms with Crippen molar-refractivity contribution in [3.8, 4) is 23.8 Å². The Hall–Kier alpha value is -3.34. The standard InChI is InChI=1S/C19H18FN3O4/c1-4-6-12-8-17(24)23(19(26)21(12)3)14-10-15-16(9-13(14)20)27-11-18(25)22(15)7-5-2/h2,8-10H,4,6-7,11H2,1,3H3. The van der Waals surface area contributed by atoms with Crippen molar-refractivity contribution in [1.29, 1.82) is 0 Å². The number of benzene rings is 1. The molecule has 0 spiro atoms. The van der Waals surface area contributed by atoms with Crippen molar-refractivity contribution in [3.05, 3.63) is 50.5 Å². The van der Waals surface area contributed by atoms with Gasteiger partial charge in [0.15, 0.2) is 12.4 Å². The third-order valence-corrected chi connectivity index (χ3v) is 4.39. The summed E-state index contributed by atoms with van der Waals surface area (Å²) in [5.41, 5.74) is -0.798. The fourth-order valence-electron chi connectivity index (χ4n) is 3.04. The Bertz CT molecular complexity index is 1080. The summed E-state index contributed by atoms with van der Waals surface area (Å²) in [4.78, 5) is 38.5. The Morgan fingerprint density at radius 3 is 2.63 bits per heavy atom. The molecule has 0 aliphatic carbocycles. The molecule has 27 heavy (non-hydrogen) atoms. The van der Waals surface area contributed by atoms with Gasteiger partial charge in [-0.25, -0.2) is 13.8 Å². The summed E-state index contributed by atoms with van der Waals surface area (Å²) < 4.78 is 22.0. The number of amides is 1. The fraction of sp³-hybridized carbons (Fsp3) is 0.316. The van der Waals surface area contributed by atoms with Crippen molar-refractivity contribution in [2.75, 3.05) is 18.1 Å². The SMILES string of the molecule is C#CCN1C(=O)COc2cc(F)c(-n3c(=O)cc(CCC)n(C)c3=O)cc21. The van der Waals surface area contributed by atoms with Crippen molar-refractivity contribution in [2.24, 2.45) is 7.05 Å². The van der Waals surface area contributed by atoms with Crippen LogP contribution in [0.1, 0.15) is 19.0 Å². The lowest BCUT2D eigenvalue weighted by molar-refractivity contribution is -0.121. The van der Waals surface area contributed by atoms with Crippen LogP contribution < -0.4 is 20.9 Å². The molecule has 3 rings (SSSR count). The highest BCUT2D eigenvalue weighted by Crippen LogP contribution is 2.35. The Kier molecular flexibility index (Phi) is 4.86. The van der Waals surface area contributed by atoms with Gasteiger partial charge in [-0.15, -0.1) is 6.42 Å². The van der Waals surface area contributed by atoms with Crippen molar-refractivity contribution in [3.63, 3.8) is 0 Å². The molecule has 1 aliphatic rings. The molecule has 2 aromatic rings. The normalized spacial score (nSPS) is 13.1. The summed E-state index contributed by atoms with van der Waals surface area (Å²) in [7, 11) is 1.52. The molecule has 7 nitrogen and oxygen atoms in total. The number of carbonyl (C=O) groups excluding carboxylic acids is 1. The molecule has 8 heteroatoms. The van der Waals surface area contributed by atoms with Crippen molar-refractivity contribution < 1.29 is 13.9 Å². The van der Waals surface area contributed by atoms with E-state index in [-0.39, 0.29) is 30.3 Å². The van der Waals surface area contributed by atoms with E-state index < -0.39 is 23.0 Å². The summed E-state index contributed by atoms with van der Waals surface area (Å²) in [6, 6.07) is 3.60. The van der Waals surface area contributed by atoms with Gasteiger partial charge in [0.05, 0.1) is 17.9 Å². The molecule has 1 aromatic carbocycles. The Labute approximate surface area is 154 Å². The number of aromatic nitrogens is 2. The maximum atomic E-state index is 14.7. The highest BCUT2D eigenvalue weighted by atomic mass is 19.1. The molecule has 0 N–H and O–H groups in total. The quantitative estimate of drug-likeness (QED) is 0.752. The Morgan fingerprint density at radius 1 is 1.22 bits per heavy atom. The maximum absolute atomic E-state index is 14.7. The van der Waals surface area contributed by atoms with E-state index in [0.29, 0.717) is 12.1 Å². The van der Waals surface area contributed by atoms with E-state index in [2.05, 4.69) is 5.92 Å². The molecular formula is C19H18FN3O4. The minimum atomic E-state index is -0.814. The first-order valence-corrected chi connectivity index (χ1v) is 8.41. The van der Waals surface area contributed by atoms with E-state index >= 15 is 0 Å². The number of rotatable bonds is 4. The molecule has 0 saturated heterocycles. The number of carbonyl (C=O) groups is 1. The zero-order valence-corrected chi connectivity index (χ0v) is 15.0. The van der Waals surface area contributed by atoms with E-state index in [1.54, 1.807) is 0 Å². The molecule has 1 aliphatic heterocycles. The van der Waals surface area contributed by atoms with Crippen LogP contribution >= 0.6 is 0 Å². The number of fused-ring (bicyclic) bond motifs is 1. The van der Waals surface area contributed by atoms with Crippen LogP contribution in [0.5, 0.6) is 5.75 Å². The van der Waals surface area contributed by atoms with Crippen LogP contribution in [0, 0.1) is 18.2 Å². The van der Waals surface area contributed by atoms with E-state index in [1.807, 2.05) is 6.92 Å². The molecule has 2 heterocycles. The predicted octanol–water partition coefficient (Wildman–Crippen LogP) is 0.986. The van der Waals surface area contributed by atoms with Crippen molar-refractivity contribution in [2.45, 2.75) is 19.8 Å². The van der Waals surface area contributed by atoms with Gasteiger partial charge in [0.1, 0.15) is 5.75 Å². The monoisotopic (exact) mass is 371 g/mol. The fourth-order valence-corrected chi connectivity index (χ4v) is 3.04. The largest absolute Gasteiger partial charge is 0.481 e. The number of nitrogens with zero attached hydrogens (tertiary/aromatic N) is 3. The number of ether oxygens (including phenoxy) is 1. The van der Waals surface area contributed by atoms with Crippen molar-refractivity contribution in [1.82, 2.24) is 9.13 Å². The van der Waals surface area contributed by atoms with Gasteiger partial charge in [-0.2, -0.15) is 0 Å². The van der Waals surface area contributed by atoms with Crippen LogP contribution in [-0.2, 0) is 18.3 Å². The van der Waals surface area contributed by atoms with E-state index in [9.17, 15) is 18.8 Å². The lowest BCUT2D eigenvalue weighted by Crippen LogP contribution is -2.41.